The van der Waals surface area contributed by atoms with Gasteiger partial charge in [-0.2, -0.15) is 0 Å². The molecule has 1 aliphatic rings. The molecule has 1 saturated heterocycles. The van der Waals surface area contributed by atoms with E-state index < -0.39 is 0 Å². The van der Waals surface area contributed by atoms with Crippen molar-refractivity contribution >= 4 is 5.91 Å². The van der Waals surface area contributed by atoms with Gasteiger partial charge in [0.1, 0.15) is 0 Å². The summed E-state index contributed by atoms with van der Waals surface area (Å²) in [5, 5.41) is 0. The van der Waals surface area contributed by atoms with Crippen molar-refractivity contribution in [3.8, 4) is 0 Å². The van der Waals surface area contributed by atoms with E-state index in [4.69, 9.17) is 15.2 Å². The predicted octanol–water partition coefficient (Wildman–Crippen LogP) is 0.378. The van der Waals surface area contributed by atoms with E-state index in [2.05, 4.69) is 0 Å². The standard InChI is InChI=1S/C12H24N2O3/c1-10(2)14(8-12(13)15)5-7-16-9-11-4-3-6-17-11/h10-11H,3-9H2,1-2H3,(H2,13,15). The van der Waals surface area contributed by atoms with Crippen LogP contribution in [0.5, 0.6) is 0 Å². The average Bonchev–Trinajstić information content (AvgIpc) is 2.74. The fourth-order valence-corrected chi connectivity index (χ4v) is 1.89. The molecule has 5 heteroatoms. The van der Waals surface area contributed by atoms with E-state index in [0.717, 1.165) is 26.0 Å². The van der Waals surface area contributed by atoms with E-state index in [1.54, 1.807) is 0 Å². The lowest BCUT2D eigenvalue weighted by Crippen LogP contribution is -2.40. The third kappa shape index (κ3) is 6.00. The summed E-state index contributed by atoms with van der Waals surface area (Å²) in [6.45, 7) is 7.24. The third-order valence-corrected chi connectivity index (χ3v) is 2.94. The molecule has 1 rings (SSSR count). The first-order valence-electron chi connectivity index (χ1n) is 6.31. The molecule has 1 amide bonds. The van der Waals surface area contributed by atoms with Gasteiger partial charge in [-0.25, -0.2) is 0 Å². The minimum Gasteiger partial charge on any atom is -0.377 e. The van der Waals surface area contributed by atoms with Crippen molar-refractivity contribution in [1.29, 1.82) is 0 Å². The molecule has 100 valence electrons. The molecule has 0 radical (unpaired) electrons. The van der Waals surface area contributed by atoms with Crippen LogP contribution in [0.3, 0.4) is 0 Å². The molecular weight excluding hydrogens is 220 g/mol. The molecule has 0 aromatic heterocycles. The van der Waals surface area contributed by atoms with E-state index in [-0.39, 0.29) is 12.0 Å². The molecule has 0 aromatic carbocycles. The van der Waals surface area contributed by atoms with Gasteiger partial charge >= 0.3 is 0 Å². The topological polar surface area (TPSA) is 64.8 Å². The maximum atomic E-state index is 10.9. The molecule has 0 spiro atoms. The molecule has 5 nitrogen and oxygen atoms in total. The molecule has 1 atom stereocenters. The van der Waals surface area contributed by atoms with E-state index in [9.17, 15) is 4.79 Å². The van der Waals surface area contributed by atoms with Crippen molar-refractivity contribution in [3.05, 3.63) is 0 Å². The minimum absolute atomic E-state index is 0.263. The molecule has 1 heterocycles. The number of carbonyl (C=O) groups excluding carboxylic acids is 1. The molecule has 17 heavy (non-hydrogen) atoms. The Bertz CT molecular complexity index is 228. The van der Waals surface area contributed by atoms with Crippen LogP contribution in [0.15, 0.2) is 0 Å². The number of ether oxygens (including phenoxy) is 2. The summed E-state index contributed by atoms with van der Waals surface area (Å²) in [4.78, 5) is 12.9. The van der Waals surface area contributed by atoms with Gasteiger partial charge in [-0.1, -0.05) is 0 Å². The number of hydrogen-bond donors (Lipinski definition) is 1. The lowest BCUT2D eigenvalue weighted by molar-refractivity contribution is -0.119. The van der Waals surface area contributed by atoms with Gasteiger partial charge < -0.3 is 15.2 Å². The Balaban J connectivity index is 2.11. The van der Waals surface area contributed by atoms with Crippen molar-refractivity contribution in [2.75, 3.05) is 32.9 Å². The number of nitrogens with two attached hydrogens (primary N) is 1. The highest BCUT2D eigenvalue weighted by molar-refractivity contribution is 5.75. The Kier molecular flexibility index (Phi) is 6.47. The zero-order valence-corrected chi connectivity index (χ0v) is 10.9. The van der Waals surface area contributed by atoms with Gasteiger partial charge in [-0.05, 0) is 26.7 Å². The Morgan fingerprint density at radius 3 is 2.88 bits per heavy atom. The summed E-state index contributed by atoms with van der Waals surface area (Å²) >= 11 is 0. The predicted molar refractivity (Wildman–Crippen MR) is 65.7 cm³/mol. The van der Waals surface area contributed by atoms with E-state index in [0.29, 0.717) is 25.8 Å². The van der Waals surface area contributed by atoms with Crippen LogP contribution in [-0.4, -0.2) is 55.9 Å². The zero-order valence-electron chi connectivity index (χ0n) is 10.9. The highest BCUT2D eigenvalue weighted by Crippen LogP contribution is 2.11. The molecule has 2 N–H and O–H groups in total. The third-order valence-electron chi connectivity index (χ3n) is 2.94. The molecular formula is C12H24N2O3. The number of rotatable bonds is 8. The molecule has 0 aromatic rings. The van der Waals surface area contributed by atoms with Gasteiger partial charge in [0.05, 0.1) is 25.9 Å². The summed E-state index contributed by atoms with van der Waals surface area (Å²) < 4.78 is 11.0. The van der Waals surface area contributed by atoms with Gasteiger partial charge in [0.15, 0.2) is 0 Å². The maximum Gasteiger partial charge on any atom is 0.231 e. The van der Waals surface area contributed by atoms with E-state index in [1.165, 1.54) is 0 Å². The van der Waals surface area contributed by atoms with E-state index in [1.807, 2.05) is 18.7 Å². The van der Waals surface area contributed by atoms with E-state index >= 15 is 0 Å². The lowest BCUT2D eigenvalue weighted by atomic mass is 10.2. The van der Waals surface area contributed by atoms with Crippen molar-refractivity contribution in [1.82, 2.24) is 4.90 Å². The first kappa shape index (κ1) is 14.4. The van der Waals surface area contributed by atoms with Gasteiger partial charge in [0, 0.05) is 19.2 Å². The monoisotopic (exact) mass is 244 g/mol. The Labute approximate surface area is 103 Å². The Hall–Kier alpha value is -0.650. The molecule has 0 bridgehead atoms. The number of primary amides is 1. The highest BCUT2D eigenvalue weighted by Gasteiger charge is 2.16. The molecule has 1 aliphatic heterocycles. The first-order valence-corrected chi connectivity index (χ1v) is 6.31. The fraction of sp³-hybridized carbons (Fsp3) is 0.917. The Morgan fingerprint density at radius 2 is 2.35 bits per heavy atom. The van der Waals surface area contributed by atoms with Crippen LogP contribution in [0.2, 0.25) is 0 Å². The van der Waals surface area contributed by atoms with Crippen molar-refractivity contribution in [3.63, 3.8) is 0 Å². The van der Waals surface area contributed by atoms with Gasteiger partial charge in [-0.15, -0.1) is 0 Å². The number of hydrogen-bond acceptors (Lipinski definition) is 4. The van der Waals surface area contributed by atoms with Crippen LogP contribution in [0.1, 0.15) is 26.7 Å². The first-order chi connectivity index (χ1) is 8.09. The maximum absolute atomic E-state index is 10.9. The normalized spacial score (nSPS) is 20.4. The minimum atomic E-state index is -0.294. The van der Waals surface area contributed by atoms with Gasteiger partial charge in [0.2, 0.25) is 5.91 Å². The largest absolute Gasteiger partial charge is 0.377 e. The fourth-order valence-electron chi connectivity index (χ4n) is 1.89. The number of nitrogens with zero attached hydrogens (tertiary/aromatic N) is 1. The van der Waals surface area contributed by atoms with Crippen LogP contribution >= 0.6 is 0 Å². The van der Waals surface area contributed by atoms with Crippen LogP contribution in [0.25, 0.3) is 0 Å². The molecule has 0 aliphatic carbocycles. The number of amides is 1. The highest BCUT2D eigenvalue weighted by atomic mass is 16.5. The van der Waals surface area contributed by atoms with Crippen molar-refractivity contribution < 1.29 is 14.3 Å². The lowest BCUT2D eigenvalue weighted by Gasteiger charge is -2.24. The average molecular weight is 244 g/mol. The second-order valence-electron chi connectivity index (χ2n) is 4.74. The molecule has 0 saturated carbocycles. The van der Waals surface area contributed by atoms with Crippen LogP contribution in [-0.2, 0) is 14.3 Å². The molecule has 1 unspecified atom stereocenters. The second-order valence-corrected chi connectivity index (χ2v) is 4.74. The quantitative estimate of drug-likeness (QED) is 0.627. The van der Waals surface area contributed by atoms with Gasteiger partial charge in [-0.3, -0.25) is 9.69 Å². The Morgan fingerprint density at radius 1 is 1.59 bits per heavy atom. The van der Waals surface area contributed by atoms with Crippen LogP contribution in [0.4, 0.5) is 0 Å². The summed E-state index contributed by atoms with van der Waals surface area (Å²) in [5.41, 5.74) is 5.19. The van der Waals surface area contributed by atoms with Crippen molar-refractivity contribution in [2.24, 2.45) is 5.73 Å². The van der Waals surface area contributed by atoms with Crippen LogP contribution in [0, 0.1) is 0 Å². The summed E-state index contributed by atoms with van der Waals surface area (Å²) in [6.07, 6.45) is 2.49. The van der Waals surface area contributed by atoms with Crippen molar-refractivity contribution in [2.45, 2.75) is 38.8 Å². The summed E-state index contributed by atoms with van der Waals surface area (Å²) in [6, 6.07) is 0.300. The molecule has 1 fully saturated rings. The smallest absolute Gasteiger partial charge is 0.231 e. The zero-order chi connectivity index (χ0) is 12.7. The number of carbonyl (C=O) groups is 1. The second kappa shape index (κ2) is 7.63. The van der Waals surface area contributed by atoms with Gasteiger partial charge in [0.25, 0.3) is 0 Å². The SMILES string of the molecule is CC(C)N(CCOCC1CCCO1)CC(N)=O. The summed E-state index contributed by atoms with van der Waals surface area (Å²) in [5.74, 6) is -0.294. The van der Waals surface area contributed by atoms with Crippen LogP contribution < -0.4 is 5.73 Å². The summed E-state index contributed by atoms with van der Waals surface area (Å²) in [7, 11) is 0.